The van der Waals surface area contributed by atoms with E-state index in [2.05, 4.69) is 11.9 Å². The number of aliphatic hydroxyl groups is 2. The number of rotatable bonds is 8. The molecule has 2 heterocycles. The molecule has 2 N–H and O–H groups in total. The van der Waals surface area contributed by atoms with E-state index in [0.29, 0.717) is 36.5 Å². The minimum atomic E-state index is -1.10. The lowest BCUT2D eigenvalue weighted by Crippen LogP contribution is -2.40. The Hall–Kier alpha value is -1.93. The molecule has 2 atom stereocenters. The molecule has 0 saturated carbocycles. The molecule has 26 heavy (non-hydrogen) atoms. The molecular weight excluding hydrogens is 336 g/mol. The number of aromatic nitrogens is 4. The molecule has 0 fully saturated rings. The fraction of sp³-hybridized carbons (Fsp3) is 0.722. The third kappa shape index (κ3) is 4.24. The van der Waals surface area contributed by atoms with Crippen LogP contribution in [0.1, 0.15) is 46.5 Å². The molecule has 146 valence electrons. The van der Waals surface area contributed by atoms with Crippen LogP contribution in [-0.2, 0) is 20.6 Å². The number of nitrogens with zero attached hydrogens (tertiary/aromatic N) is 4. The van der Waals surface area contributed by atoms with Crippen molar-refractivity contribution in [2.24, 2.45) is 20.0 Å². The van der Waals surface area contributed by atoms with Gasteiger partial charge in [0.15, 0.2) is 11.2 Å². The maximum Gasteiger partial charge on any atom is 0.332 e. The summed E-state index contributed by atoms with van der Waals surface area (Å²) in [6.45, 7) is 5.60. The van der Waals surface area contributed by atoms with Crippen molar-refractivity contribution in [3.05, 3.63) is 27.2 Å². The van der Waals surface area contributed by atoms with Crippen LogP contribution in [0.2, 0.25) is 0 Å². The molecule has 0 radical (unpaired) electrons. The van der Waals surface area contributed by atoms with Gasteiger partial charge in [-0.3, -0.25) is 13.9 Å². The van der Waals surface area contributed by atoms with Gasteiger partial charge in [0, 0.05) is 20.6 Å². The van der Waals surface area contributed by atoms with Gasteiger partial charge in [0.2, 0.25) is 0 Å². The van der Waals surface area contributed by atoms with Crippen LogP contribution < -0.4 is 11.2 Å². The predicted octanol–water partition coefficient (Wildman–Crippen LogP) is 0.762. The zero-order chi connectivity index (χ0) is 19.6. The Morgan fingerprint density at radius 3 is 2.46 bits per heavy atom. The first-order chi connectivity index (χ1) is 12.0. The number of aryl methyl sites for hydroxylation is 2. The van der Waals surface area contributed by atoms with E-state index >= 15 is 0 Å². The van der Waals surface area contributed by atoms with Crippen molar-refractivity contribution in [3.63, 3.8) is 0 Å². The topological polar surface area (TPSA) is 102 Å². The van der Waals surface area contributed by atoms with Gasteiger partial charge in [-0.2, -0.15) is 0 Å². The van der Waals surface area contributed by atoms with Crippen molar-refractivity contribution in [1.82, 2.24) is 18.7 Å². The molecular formula is C18H30N4O4. The Bertz CT molecular complexity index is 872. The standard InChI is InChI=1S/C18H30N4O4/c1-12(7-6-8-13(23)18(2,3)26)9-10-22-16(24)14-15(19-11-20(14)4)21(5)17(22)25/h11-13,23,26H,6-10H2,1-5H3/t12-,13?/m0/s1. The highest BCUT2D eigenvalue weighted by atomic mass is 16.3. The summed E-state index contributed by atoms with van der Waals surface area (Å²) in [6.07, 6.45) is 3.63. The Morgan fingerprint density at radius 1 is 1.19 bits per heavy atom. The van der Waals surface area contributed by atoms with Crippen molar-refractivity contribution in [2.45, 2.75) is 64.7 Å². The van der Waals surface area contributed by atoms with Gasteiger partial charge in [0.1, 0.15) is 0 Å². The molecule has 0 aliphatic rings. The summed E-state index contributed by atoms with van der Waals surface area (Å²) in [5.41, 5.74) is -0.944. The summed E-state index contributed by atoms with van der Waals surface area (Å²) in [4.78, 5) is 29.2. The van der Waals surface area contributed by atoms with Gasteiger partial charge in [-0.05, 0) is 32.6 Å². The summed E-state index contributed by atoms with van der Waals surface area (Å²) < 4.78 is 4.31. The third-order valence-electron chi connectivity index (χ3n) is 5.04. The maximum atomic E-state index is 12.6. The molecule has 0 aromatic carbocycles. The first-order valence-corrected chi connectivity index (χ1v) is 9.05. The number of hydrogen-bond donors (Lipinski definition) is 2. The fourth-order valence-corrected chi connectivity index (χ4v) is 3.10. The summed E-state index contributed by atoms with van der Waals surface area (Å²) >= 11 is 0. The Morgan fingerprint density at radius 2 is 1.85 bits per heavy atom. The Balaban J connectivity index is 2.03. The molecule has 0 spiro atoms. The fourth-order valence-electron chi connectivity index (χ4n) is 3.10. The van der Waals surface area contributed by atoms with Crippen molar-refractivity contribution < 1.29 is 10.2 Å². The van der Waals surface area contributed by atoms with Crippen LogP contribution in [0.3, 0.4) is 0 Å². The molecule has 8 heteroatoms. The zero-order valence-corrected chi connectivity index (χ0v) is 16.3. The zero-order valence-electron chi connectivity index (χ0n) is 16.3. The van der Waals surface area contributed by atoms with E-state index in [1.807, 2.05) is 0 Å². The lowest BCUT2D eigenvalue weighted by atomic mass is 9.93. The van der Waals surface area contributed by atoms with Crippen molar-refractivity contribution in [1.29, 1.82) is 0 Å². The van der Waals surface area contributed by atoms with E-state index in [0.717, 1.165) is 12.8 Å². The van der Waals surface area contributed by atoms with Gasteiger partial charge in [0.05, 0.1) is 18.0 Å². The van der Waals surface area contributed by atoms with Crippen LogP contribution in [-0.4, -0.2) is 40.6 Å². The smallest absolute Gasteiger partial charge is 0.332 e. The molecule has 0 saturated heterocycles. The van der Waals surface area contributed by atoms with E-state index in [-0.39, 0.29) is 11.2 Å². The Labute approximate surface area is 152 Å². The highest BCUT2D eigenvalue weighted by Crippen LogP contribution is 2.18. The summed E-state index contributed by atoms with van der Waals surface area (Å²) in [5.74, 6) is 0.294. The predicted molar refractivity (Wildman–Crippen MR) is 100 cm³/mol. The molecule has 2 aromatic rings. The van der Waals surface area contributed by atoms with E-state index < -0.39 is 11.7 Å². The molecule has 0 aliphatic carbocycles. The first-order valence-electron chi connectivity index (χ1n) is 9.05. The molecule has 2 aromatic heterocycles. The Kier molecular flexibility index (Phi) is 6.08. The van der Waals surface area contributed by atoms with E-state index in [4.69, 9.17) is 0 Å². The van der Waals surface area contributed by atoms with E-state index in [1.54, 1.807) is 32.5 Å². The molecule has 0 aliphatic heterocycles. The molecule has 0 amide bonds. The molecule has 8 nitrogen and oxygen atoms in total. The van der Waals surface area contributed by atoms with Crippen LogP contribution in [0.5, 0.6) is 0 Å². The molecule has 0 bridgehead atoms. The van der Waals surface area contributed by atoms with E-state index in [9.17, 15) is 19.8 Å². The lowest BCUT2D eigenvalue weighted by Gasteiger charge is -2.24. The highest BCUT2D eigenvalue weighted by molar-refractivity contribution is 5.69. The maximum absolute atomic E-state index is 12.6. The van der Waals surface area contributed by atoms with Crippen LogP contribution in [0.25, 0.3) is 11.2 Å². The highest BCUT2D eigenvalue weighted by Gasteiger charge is 2.24. The molecule has 1 unspecified atom stereocenters. The van der Waals surface area contributed by atoms with Gasteiger partial charge in [0.25, 0.3) is 5.56 Å². The summed E-state index contributed by atoms with van der Waals surface area (Å²) in [7, 11) is 3.36. The minimum Gasteiger partial charge on any atom is -0.390 e. The second-order valence-corrected chi connectivity index (χ2v) is 7.82. The van der Waals surface area contributed by atoms with Gasteiger partial charge >= 0.3 is 5.69 Å². The van der Waals surface area contributed by atoms with Gasteiger partial charge < -0.3 is 14.8 Å². The van der Waals surface area contributed by atoms with Crippen molar-refractivity contribution in [2.75, 3.05) is 0 Å². The average molecular weight is 366 g/mol. The summed E-state index contributed by atoms with van der Waals surface area (Å²) in [6, 6.07) is 0. The van der Waals surface area contributed by atoms with Gasteiger partial charge in [-0.1, -0.05) is 19.8 Å². The third-order valence-corrected chi connectivity index (χ3v) is 5.04. The monoisotopic (exact) mass is 366 g/mol. The lowest BCUT2D eigenvalue weighted by molar-refractivity contribution is -0.0525. The largest absolute Gasteiger partial charge is 0.390 e. The second-order valence-electron chi connectivity index (χ2n) is 7.82. The van der Waals surface area contributed by atoms with E-state index in [1.165, 1.54) is 15.5 Å². The van der Waals surface area contributed by atoms with Crippen molar-refractivity contribution in [3.8, 4) is 0 Å². The van der Waals surface area contributed by atoms with Gasteiger partial charge in [-0.25, -0.2) is 9.78 Å². The van der Waals surface area contributed by atoms with Crippen molar-refractivity contribution >= 4 is 11.2 Å². The second kappa shape index (κ2) is 7.75. The quantitative estimate of drug-likeness (QED) is 0.718. The summed E-state index contributed by atoms with van der Waals surface area (Å²) in [5, 5.41) is 19.6. The number of aliphatic hydroxyl groups excluding tert-OH is 1. The molecule has 2 rings (SSSR count). The number of imidazole rings is 1. The average Bonchev–Trinajstić information content (AvgIpc) is 2.93. The SMILES string of the molecule is C[C@@H](CCCC(O)C(C)(C)O)CCn1c(=O)c2c(ncn2C)n(C)c1=O. The number of fused-ring (bicyclic) bond motifs is 1. The minimum absolute atomic E-state index is 0.294. The number of hydrogen-bond acceptors (Lipinski definition) is 5. The van der Waals surface area contributed by atoms with Crippen LogP contribution in [0, 0.1) is 5.92 Å². The van der Waals surface area contributed by atoms with Gasteiger partial charge in [-0.15, -0.1) is 0 Å². The van der Waals surface area contributed by atoms with Crippen LogP contribution in [0.15, 0.2) is 15.9 Å². The van der Waals surface area contributed by atoms with Crippen LogP contribution >= 0.6 is 0 Å². The first kappa shape index (κ1) is 20.4. The van der Waals surface area contributed by atoms with Crippen LogP contribution in [0.4, 0.5) is 0 Å². The normalized spacial score (nSPS) is 14.7.